The Morgan fingerprint density at radius 1 is 1.18 bits per heavy atom. The minimum Gasteiger partial charge on any atom is -0.382 e. The van der Waals surface area contributed by atoms with Crippen molar-refractivity contribution in [2.24, 2.45) is 0 Å². The fraction of sp³-hybridized carbons (Fsp3) is 0.538. The highest BCUT2D eigenvalue weighted by Crippen LogP contribution is 2.16. The highest BCUT2D eigenvalue weighted by atomic mass is 79.9. The molecule has 0 radical (unpaired) electrons. The van der Waals surface area contributed by atoms with Crippen LogP contribution in [0, 0.1) is 0 Å². The maximum atomic E-state index is 5.38. The molecule has 96 valence electrons. The third-order valence-electron chi connectivity index (χ3n) is 2.50. The number of hydrogen-bond acceptors (Lipinski definition) is 3. The number of rotatable bonds is 8. The zero-order valence-corrected chi connectivity index (χ0v) is 12.0. The topological polar surface area (TPSA) is 30.5 Å². The zero-order valence-electron chi connectivity index (χ0n) is 10.4. The van der Waals surface area contributed by atoms with E-state index in [-0.39, 0.29) is 0 Å². The Bertz CT molecular complexity index is 303. The van der Waals surface area contributed by atoms with Crippen LogP contribution >= 0.6 is 15.9 Å². The summed E-state index contributed by atoms with van der Waals surface area (Å²) < 4.78 is 11.4. The lowest BCUT2D eigenvalue weighted by atomic mass is 10.1. The molecule has 4 heteroatoms. The lowest BCUT2D eigenvalue weighted by molar-refractivity contribution is 0.0712. The van der Waals surface area contributed by atoms with Crippen LogP contribution in [0.2, 0.25) is 0 Å². The normalized spacial score (nSPS) is 12.6. The van der Waals surface area contributed by atoms with Crippen LogP contribution in [0.5, 0.6) is 0 Å². The fourth-order valence-electron chi connectivity index (χ4n) is 1.46. The van der Waals surface area contributed by atoms with Crippen molar-refractivity contribution in [3.05, 3.63) is 34.3 Å². The van der Waals surface area contributed by atoms with Gasteiger partial charge in [0.05, 0.1) is 19.8 Å². The first-order chi connectivity index (χ1) is 8.24. The molecular formula is C13H20BrNO2. The van der Waals surface area contributed by atoms with Gasteiger partial charge in [0.2, 0.25) is 0 Å². The maximum Gasteiger partial charge on any atom is 0.0700 e. The van der Waals surface area contributed by atoms with Crippen LogP contribution in [-0.4, -0.2) is 33.5 Å². The standard InChI is InChI=1S/C13H20BrNO2/c1-11(12-3-5-13(14)6-4-12)15-7-8-17-10-9-16-2/h3-6,11,15H,7-10H2,1-2H3. The van der Waals surface area contributed by atoms with Crippen LogP contribution in [0.3, 0.4) is 0 Å². The molecule has 0 aliphatic rings. The van der Waals surface area contributed by atoms with E-state index in [0.29, 0.717) is 25.9 Å². The van der Waals surface area contributed by atoms with Crippen LogP contribution in [-0.2, 0) is 9.47 Å². The van der Waals surface area contributed by atoms with E-state index < -0.39 is 0 Å². The summed E-state index contributed by atoms with van der Waals surface area (Å²) in [4.78, 5) is 0. The van der Waals surface area contributed by atoms with E-state index in [1.54, 1.807) is 7.11 Å². The smallest absolute Gasteiger partial charge is 0.0700 e. The summed E-state index contributed by atoms with van der Waals surface area (Å²) in [5.41, 5.74) is 1.28. The SMILES string of the molecule is COCCOCCNC(C)c1ccc(Br)cc1. The van der Waals surface area contributed by atoms with Gasteiger partial charge in [0.25, 0.3) is 0 Å². The third kappa shape index (κ3) is 6.17. The van der Waals surface area contributed by atoms with E-state index in [2.05, 4.69) is 52.4 Å². The molecule has 17 heavy (non-hydrogen) atoms. The van der Waals surface area contributed by atoms with Gasteiger partial charge in [0.15, 0.2) is 0 Å². The number of hydrogen-bond donors (Lipinski definition) is 1. The maximum absolute atomic E-state index is 5.38. The van der Waals surface area contributed by atoms with Gasteiger partial charge in [-0.3, -0.25) is 0 Å². The predicted molar refractivity (Wildman–Crippen MR) is 73.3 cm³/mol. The number of nitrogens with one attached hydrogen (secondary N) is 1. The summed E-state index contributed by atoms with van der Waals surface area (Å²) in [6.45, 7) is 5.02. The Balaban J connectivity index is 2.16. The monoisotopic (exact) mass is 301 g/mol. The molecule has 0 bridgehead atoms. The molecule has 1 atom stereocenters. The van der Waals surface area contributed by atoms with Crippen molar-refractivity contribution >= 4 is 15.9 Å². The second-order valence-electron chi connectivity index (χ2n) is 3.83. The Hall–Kier alpha value is -0.420. The Morgan fingerprint density at radius 2 is 1.88 bits per heavy atom. The number of benzene rings is 1. The molecule has 0 fully saturated rings. The Labute approximate surface area is 112 Å². The Kier molecular flexibility index (Phi) is 7.44. The van der Waals surface area contributed by atoms with Gasteiger partial charge >= 0.3 is 0 Å². The van der Waals surface area contributed by atoms with Crippen molar-refractivity contribution in [3.8, 4) is 0 Å². The zero-order chi connectivity index (χ0) is 12.5. The fourth-order valence-corrected chi connectivity index (χ4v) is 1.73. The predicted octanol–water partition coefficient (Wildman–Crippen LogP) is 2.76. The van der Waals surface area contributed by atoms with Gasteiger partial charge in [-0.15, -0.1) is 0 Å². The molecule has 3 nitrogen and oxygen atoms in total. The quantitative estimate of drug-likeness (QED) is 0.749. The molecule has 0 spiro atoms. The Morgan fingerprint density at radius 3 is 2.53 bits per heavy atom. The van der Waals surface area contributed by atoms with Crippen LogP contribution in [0.25, 0.3) is 0 Å². The van der Waals surface area contributed by atoms with Gasteiger partial charge in [0, 0.05) is 24.2 Å². The van der Waals surface area contributed by atoms with Crippen molar-refractivity contribution < 1.29 is 9.47 Å². The lowest BCUT2D eigenvalue weighted by Gasteiger charge is -2.14. The van der Waals surface area contributed by atoms with Crippen molar-refractivity contribution in [2.75, 3.05) is 33.5 Å². The highest BCUT2D eigenvalue weighted by molar-refractivity contribution is 9.10. The van der Waals surface area contributed by atoms with Gasteiger partial charge in [-0.25, -0.2) is 0 Å². The summed E-state index contributed by atoms with van der Waals surface area (Å²) in [6, 6.07) is 8.70. The third-order valence-corrected chi connectivity index (χ3v) is 3.03. The van der Waals surface area contributed by atoms with Crippen LogP contribution < -0.4 is 5.32 Å². The molecule has 0 heterocycles. The summed E-state index contributed by atoms with van der Waals surface area (Å²) in [5.74, 6) is 0. The molecule has 1 unspecified atom stereocenters. The molecule has 1 rings (SSSR count). The lowest BCUT2D eigenvalue weighted by Crippen LogP contribution is -2.23. The van der Waals surface area contributed by atoms with Crippen molar-refractivity contribution in [1.29, 1.82) is 0 Å². The van der Waals surface area contributed by atoms with Crippen molar-refractivity contribution in [1.82, 2.24) is 5.32 Å². The average molecular weight is 302 g/mol. The minimum atomic E-state index is 0.342. The molecule has 0 aliphatic heterocycles. The first-order valence-electron chi connectivity index (χ1n) is 5.79. The highest BCUT2D eigenvalue weighted by Gasteiger charge is 2.03. The van der Waals surface area contributed by atoms with Crippen molar-refractivity contribution in [3.63, 3.8) is 0 Å². The average Bonchev–Trinajstić information content (AvgIpc) is 2.34. The first-order valence-corrected chi connectivity index (χ1v) is 6.59. The van der Waals surface area contributed by atoms with Gasteiger partial charge in [0.1, 0.15) is 0 Å². The molecule has 0 aromatic heterocycles. The van der Waals surface area contributed by atoms with E-state index in [4.69, 9.17) is 9.47 Å². The number of methoxy groups -OCH3 is 1. The molecule has 0 saturated heterocycles. The molecular weight excluding hydrogens is 282 g/mol. The molecule has 1 N–H and O–H groups in total. The largest absolute Gasteiger partial charge is 0.382 e. The number of ether oxygens (including phenoxy) is 2. The summed E-state index contributed by atoms with van der Waals surface area (Å²) >= 11 is 3.43. The van der Waals surface area contributed by atoms with Gasteiger partial charge in [-0.05, 0) is 24.6 Å². The molecule has 0 aliphatic carbocycles. The van der Waals surface area contributed by atoms with E-state index in [1.807, 2.05) is 0 Å². The summed E-state index contributed by atoms with van der Waals surface area (Å²) in [5, 5.41) is 3.41. The first kappa shape index (κ1) is 14.6. The molecule has 1 aromatic rings. The van der Waals surface area contributed by atoms with Crippen LogP contribution in [0.15, 0.2) is 28.7 Å². The van der Waals surface area contributed by atoms with Gasteiger partial charge in [-0.1, -0.05) is 28.1 Å². The van der Waals surface area contributed by atoms with E-state index in [0.717, 1.165) is 11.0 Å². The second kappa shape index (κ2) is 8.64. The van der Waals surface area contributed by atoms with E-state index in [9.17, 15) is 0 Å². The number of halogens is 1. The van der Waals surface area contributed by atoms with Crippen LogP contribution in [0.1, 0.15) is 18.5 Å². The van der Waals surface area contributed by atoms with Gasteiger partial charge < -0.3 is 14.8 Å². The summed E-state index contributed by atoms with van der Waals surface area (Å²) in [6.07, 6.45) is 0. The second-order valence-corrected chi connectivity index (χ2v) is 4.75. The van der Waals surface area contributed by atoms with E-state index >= 15 is 0 Å². The van der Waals surface area contributed by atoms with E-state index in [1.165, 1.54) is 5.56 Å². The molecule has 0 saturated carbocycles. The summed E-state index contributed by atoms with van der Waals surface area (Å²) in [7, 11) is 1.68. The minimum absolute atomic E-state index is 0.342. The molecule has 0 amide bonds. The molecule has 1 aromatic carbocycles. The van der Waals surface area contributed by atoms with Crippen molar-refractivity contribution in [2.45, 2.75) is 13.0 Å². The van der Waals surface area contributed by atoms with Gasteiger partial charge in [-0.2, -0.15) is 0 Å². The van der Waals surface area contributed by atoms with Crippen LogP contribution in [0.4, 0.5) is 0 Å².